The van der Waals surface area contributed by atoms with E-state index in [2.05, 4.69) is 0 Å². The summed E-state index contributed by atoms with van der Waals surface area (Å²) in [4.78, 5) is 15.2. The number of anilines is 1. The number of nitrogens with zero attached hydrogens (tertiary/aromatic N) is 2. The van der Waals surface area contributed by atoms with Crippen molar-refractivity contribution < 1.29 is 4.79 Å². The fourth-order valence-corrected chi connectivity index (χ4v) is 1.18. The monoisotopic (exact) mass is 192 g/mol. The second-order valence-electron chi connectivity index (χ2n) is 3.64. The van der Waals surface area contributed by atoms with Gasteiger partial charge in [-0.2, -0.15) is 0 Å². The normalized spacial score (nSPS) is 9.71. The average molecular weight is 192 g/mol. The number of benzene rings is 1. The van der Waals surface area contributed by atoms with E-state index < -0.39 is 0 Å². The lowest BCUT2D eigenvalue weighted by Crippen LogP contribution is -2.22. The zero-order valence-corrected chi connectivity index (χ0v) is 9.11. The molecule has 0 aliphatic heterocycles. The molecule has 0 saturated carbocycles. The molecule has 1 aromatic carbocycles. The molecule has 0 spiro atoms. The fraction of sp³-hybridized carbons (Fsp3) is 0.364. The number of hydrogen-bond acceptors (Lipinski definition) is 2. The summed E-state index contributed by atoms with van der Waals surface area (Å²) >= 11 is 0. The van der Waals surface area contributed by atoms with E-state index in [1.54, 1.807) is 19.0 Å². The first kappa shape index (κ1) is 10.6. The Morgan fingerprint density at radius 1 is 1.14 bits per heavy atom. The fourth-order valence-electron chi connectivity index (χ4n) is 1.18. The minimum absolute atomic E-state index is 0.0358. The van der Waals surface area contributed by atoms with Crippen LogP contribution in [0, 0.1) is 0 Å². The van der Waals surface area contributed by atoms with E-state index >= 15 is 0 Å². The van der Waals surface area contributed by atoms with Gasteiger partial charge in [0.1, 0.15) is 0 Å². The SMILES string of the molecule is CN(C)C(=O)c1cccc(N(C)C)c1. The van der Waals surface area contributed by atoms with Gasteiger partial charge in [-0.1, -0.05) is 6.07 Å². The van der Waals surface area contributed by atoms with Crippen LogP contribution in [0.2, 0.25) is 0 Å². The second-order valence-corrected chi connectivity index (χ2v) is 3.64. The van der Waals surface area contributed by atoms with Crippen molar-refractivity contribution in [2.24, 2.45) is 0 Å². The van der Waals surface area contributed by atoms with E-state index in [1.807, 2.05) is 43.3 Å². The van der Waals surface area contributed by atoms with Crippen LogP contribution in [0.3, 0.4) is 0 Å². The van der Waals surface area contributed by atoms with E-state index in [1.165, 1.54) is 0 Å². The number of amides is 1. The minimum atomic E-state index is 0.0358. The second kappa shape index (κ2) is 4.13. The van der Waals surface area contributed by atoms with Crippen LogP contribution in [0.1, 0.15) is 10.4 Å². The van der Waals surface area contributed by atoms with Crippen LogP contribution >= 0.6 is 0 Å². The van der Waals surface area contributed by atoms with E-state index in [0.29, 0.717) is 0 Å². The van der Waals surface area contributed by atoms with Crippen LogP contribution in [-0.2, 0) is 0 Å². The highest BCUT2D eigenvalue weighted by Gasteiger charge is 2.08. The third kappa shape index (κ3) is 2.25. The molecule has 0 saturated heterocycles. The Balaban J connectivity index is 3.00. The van der Waals surface area contributed by atoms with Crippen molar-refractivity contribution in [1.82, 2.24) is 4.90 Å². The lowest BCUT2D eigenvalue weighted by atomic mass is 10.2. The summed E-state index contributed by atoms with van der Waals surface area (Å²) in [5.41, 5.74) is 1.76. The van der Waals surface area contributed by atoms with Gasteiger partial charge >= 0.3 is 0 Å². The molecular formula is C11H16N2O. The molecule has 3 heteroatoms. The summed E-state index contributed by atoms with van der Waals surface area (Å²) in [6, 6.07) is 7.59. The van der Waals surface area contributed by atoms with E-state index in [-0.39, 0.29) is 5.91 Å². The van der Waals surface area contributed by atoms with Gasteiger partial charge in [0.15, 0.2) is 0 Å². The van der Waals surface area contributed by atoms with Crippen LogP contribution in [0.25, 0.3) is 0 Å². The molecule has 0 N–H and O–H groups in total. The molecule has 0 aliphatic rings. The lowest BCUT2D eigenvalue weighted by Gasteiger charge is -2.15. The molecule has 0 fully saturated rings. The first-order chi connectivity index (χ1) is 6.52. The third-order valence-electron chi connectivity index (χ3n) is 2.02. The highest BCUT2D eigenvalue weighted by Crippen LogP contribution is 2.14. The predicted molar refractivity (Wildman–Crippen MR) is 58.8 cm³/mol. The molecule has 0 aromatic heterocycles. The van der Waals surface area contributed by atoms with Gasteiger partial charge in [0, 0.05) is 39.4 Å². The molecule has 0 atom stereocenters. The Kier molecular flexibility index (Phi) is 3.12. The summed E-state index contributed by atoms with van der Waals surface area (Å²) < 4.78 is 0. The molecule has 0 bridgehead atoms. The summed E-state index contributed by atoms with van der Waals surface area (Å²) in [6.45, 7) is 0. The van der Waals surface area contributed by atoms with Crippen molar-refractivity contribution in [3.05, 3.63) is 29.8 Å². The number of carbonyl (C=O) groups excluding carboxylic acids is 1. The largest absolute Gasteiger partial charge is 0.378 e. The van der Waals surface area contributed by atoms with Crippen molar-refractivity contribution in [3.63, 3.8) is 0 Å². The van der Waals surface area contributed by atoms with Crippen LogP contribution in [-0.4, -0.2) is 39.0 Å². The van der Waals surface area contributed by atoms with Gasteiger partial charge in [-0.25, -0.2) is 0 Å². The Bertz CT molecular complexity index is 332. The Morgan fingerprint density at radius 2 is 1.79 bits per heavy atom. The van der Waals surface area contributed by atoms with Crippen molar-refractivity contribution >= 4 is 11.6 Å². The smallest absolute Gasteiger partial charge is 0.253 e. The molecule has 76 valence electrons. The van der Waals surface area contributed by atoms with Gasteiger partial charge in [-0.15, -0.1) is 0 Å². The zero-order valence-electron chi connectivity index (χ0n) is 9.11. The van der Waals surface area contributed by atoms with Gasteiger partial charge in [0.25, 0.3) is 5.91 Å². The standard InChI is InChI=1S/C11H16N2O/c1-12(2)10-7-5-6-9(8-10)11(14)13(3)4/h5-8H,1-4H3. The number of rotatable bonds is 2. The molecule has 1 amide bonds. The number of carbonyl (C=O) groups is 1. The average Bonchev–Trinajstić information content (AvgIpc) is 2.16. The van der Waals surface area contributed by atoms with Gasteiger partial charge in [-0.3, -0.25) is 4.79 Å². The van der Waals surface area contributed by atoms with Crippen molar-refractivity contribution in [2.45, 2.75) is 0 Å². The molecule has 1 aromatic rings. The molecule has 0 heterocycles. The minimum Gasteiger partial charge on any atom is -0.378 e. The van der Waals surface area contributed by atoms with Crippen LogP contribution in [0.4, 0.5) is 5.69 Å². The molecule has 14 heavy (non-hydrogen) atoms. The van der Waals surface area contributed by atoms with E-state index in [0.717, 1.165) is 11.3 Å². The van der Waals surface area contributed by atoms with Crippen LogP contribution in [0.15, 0.2) is 24.3 Å². The Morgan fingerprint density at radius 3 is 2.29 bits per heavy atom. The van der Waals surface area contributed by atoms with Crippen molar-refractivity contribution in [1.29, 1.82) is 0 Å². The lowest BCUT2D eigenvalue weighted by molar-refractivity contribution is 0.0827. The first-order valence-electron chi connectivity index (χ1n) is 4.51. The topological polar surface area (TPSA) is 23.6 Å². The molecular weight excluding hydrogens is 176 g/mol. The predicted octanol–water partition coefficient (Wildman–Crippen LogP) is 1.45. The van der Waals surface area contributed by atoms with Gasteiger partial charge < -0.3 is 9.80 Å². The first-order valence-corrected chi connectivity index (χ1v) is 4.51. The van der Waals surface area contributed by atoms with Gasteiger partial charge in [0.2, 0.25) is 0 Å². The summed E-state index contributed by atoms with van der Waals surface area (Å²) in [7, 11) is 7.42. The molecule has 0 unspecified atom stereocenters. The number of hydrogen-bond donors (Lipinski definition) is 0. The van der Waals surface area contributed by atoms with Gasteiger partial charge in [0.05, 0.1) is 0 Å². The maximum absolute atomic E-state index is 11.6. The van der Waals surface area contributed by atoms with E-state index in [4.69, 9.17) is 0 Å². The highest BCUT2D eigenvalue weighted by molar-refractivity contribution is 5.94. The van der Waals surface area contributed by atoms with Gasteiger partial charge in [-0.05, 0) is 18.2 Å². The summed E-state index contributed by atoms with van der Waals surface area (Å²) in [5, 5.41) is 0. The molecule has 0 radical (unpaired) electrons. The summed E-state index contributed by atoms with van der Waals surface area (Å²) in [6.07, 6.45) is 0. The quantitative estimate of drug-likeness (QED) is 0.708. The zero-order chi connectivity index (χ0) is 10.7. The van der Waals surface area contributed by atoms with Crippen molar-refractivity contribution in [2.75, 3.05) is 33.1 Å². The highest BCUT2D eigenvalue weighted by atomic mass is 16.2. The molecule has 3 nitrogen and oxygen atoms in total. The Labute approximate surface area is 84.9 Å². The Hall–Kier alpha value is -1.51. The van der Waals surface area contributed by atoms with Crippen LogP contribution in [0.5, 0.6) is 0 Å². The summed E-state index contributed by atoms with van der Waals surface area (Å²) in [5.74, 6) is 0.0358. The van der Waals surface area contributed by atoms with E-state index in [9.17, 15) is 4.79 Å². The molecule has 0 aliphatic carbocycles. The maximum atomic E-state index is 11.6. The van der Waals surface area contributed by atoms with Crippen molar-refractivity contribution in [3.8, 4) is 0 Å². The third-order valence-corrected chi connectivity index (χ3v) is 2.02. The molecule has 1 rings (SSSR count). The maximum Gasteiger partial charge on any atom is 0.253 e. The van der Waals surface area contributed by atoms with Crippen LogP contribution < -0.4 is 4.90 Å².